The zero-order valence-corrected chi connectivity index (χ0v) is 21.1. The summed E-state index contributed by atoms with van der Waals surface area (Å²) in [5, 5.41) is 11.9. The molecule has 33 heavy (non-hydrogen) atoms. The summed E-state index contributed by atoms with van der Waals surface area (Å²) in [4.78, 5) is 0. The maximum atomic E-state index is 11.9. The molecule has 3 aromatic carbocycles. The number of hydrogen-bond acceptors (Lipinski definition) is 1. The molecule has 4 rings (SSSR count). The lowest BCUT2D eigenvalue weighted by Gasteiger charge is -2.30. The van der Waals surface area contributed by atoms with Gasteiger partial charge in [-0.3, -0.25) is 0 Å². The van der Waals surface area contributed by atoms with Crippen LogP contribution in [0.3, 0.4) is 0 Å². The molecule has 1 aliphatic carbocycles. The summed E-state index contributed by atoms with van der Waals surface area (Å²) in [6.07, 6.45) is 3.99. The van der Waals surface area contributed by atoms with Gasteiger partial charge in [-0.1, -0.05) is 110 Å². The average Bonchev–Trinajstić information content (AvgIpc) is 3.27. The third kappa shape index (κ3) is 4.73. The highest BCUT2D eigenvalue weighted by Crippen LogP contribution is 2.36. The molecular weight excluding hydrogens is 399 g/mol. The van der Waals surface area contributed by atoms with E-state index in [1.54, 1.807) is 0 Å². The van der Waals surface area contributed by atoms with Crippen LogP contribution >= 0.6 is 0 Å². The van der Waals surface area contributed by atoms with Crippen LogP contribution < -0.4 is 10.9 Å². The summed E-state index contributed by atoms with van der Waals surface area (Å²) < 4.78 is 0. The van der Waals surface area contributed by atoms with Crippen LogP contribution in [-0.2, 0) is 0 Å². The third-order valence-corrected chi connectivity index (χ3v) is 7.39. The van der Waals surface area contributed by atoms with E-state index in [1.165, 1.54) is 68.2 Å². The Bertz CT molecular complexity index is 1080. The van der Waals surface area contributed by atoms with Crippen LogP contribution in [0.5, 0.6) is 0 Å². The SMILES string of the molecule is Cc1cc(C)c(B(C(=C2CCCC2)C(O)c2ccccc2)c2c(C)cc(C)cc2C)c(C)c1. The fourth-order valence-corrected chi connectivity index (χ4v) is 6.21. The molecule has 0 aromatic heterocycles. The van der Waals surface area contributed by atoms with Crippen molar-refractivity contribution >= 4 is 17.6 Å². The van der Waals surface area contributed by atoms with Crippen molar-refractivity contribution in [3.8, 4) is 0 Å². The first kappa shape index (κ1) is 23.6. The summed E-state index contributed by atoms with van der Waals surface area (Å²) in [5.41, 5.74) is 14.2. The maximum absolute atomic E-state index is 11.9. The third-order valence-electron chi connectivity index (χ3n) is 7.39. The highest BCUT2D eigenvalue weighted by molar-refractivity contribution is 6.92. The molecule has 0 spiro atoms. The zero-order valence-electron chi connectivity index (χ0n) is 21.1. The van der Waals surface area contributed by atoms with Crippen LogP contribution in [0.4, 0.5) is 0 Å². The Morgan fingerprint density at radius 3 is 1.55 bits per heavy atom. The summed E-state index contributed by atoms with van der Waals surface area (Å²) >= 11 is 0. The van der Waals surface area contributed by atoms with Crippen LogP contribution in [0, 0.1) is 41.5 Å². The van der Waals surface area contributed by atoms with Crippen molar-refractivity contribution in [1.82, 2.24) is 0 Å². The molecule has 0 aliphatic heterocycles. The minimum absolute atomic E-state index is 0.0505. The lowest BCUT2D eigenvalue weighted by molar-refractivity contribution is 0.221. The summed E-state index contributed by atoms with van der Waals surface area (Å²) in [6, 6.07) is 19.5. The molecule has 1 atom stereocenters. The average molecular weight is 436 g/mol. The molecule has 0 saturated heterocycles. The number of allylic oxidation sites excluding steroid dienone is 1. The quantitative estimate of drug-likeness (QED) is 0.466. The van der Waals surface area contributed by atoms with E-state index < -0.39 is 6.10 Å². The van der Waals surface area contributed by atoms with E-state index in [2.05, 4.69) is 77.9 Å². The number of aliphatic hydroxyl groups is 1. The van der Waals surface area contributed by atoms with Crippen molar-refractivity contribution in [2.24, 2.45) is 0 Å². The molecule has 0 amide bonds. The zero-order chi connectivity index (χ0) is 23.7. The molecule has 3 aromatic rings. The molecule has 0 bridgehead atoms. The topological polar surface area (TPSA) is 20.2 Å². The second-order valence-corrected chi connectivity index (χ2v) is 10.1. The van der Waals surface area contributed by atoms with Gasteiger partial charge in [0, 0.05) is 0 Å². The molecule has 1 nitrogen and oxygen atoms in total. The number of aryl methyl sites for hydroxylation is 6. The van der Waals surface area contributed by atoms with Crippen molar-refractivity contribution in [2.45, 2.75) is 73.3 Å². The van der Waals surface area contributed by atoms with Gasteiger partial charge < -0.3 is 5.11 Å². The van der Waals surface area contributed by atoms with Gasteiger partial charge in [0.05, 0.1) is 6.10 Å². The van der Waals surface area contributed by atoms with Crippen molar-refractivity contribution in [3.05, 3.63) is 105 Å². The molecule has 1 aliphatic rings. The smallest absolute Gasteiger partial charge is 0.241 e. The molecule has 1 fully saturated rings. The van der Waals surface area contributed by atoms with Crippen molar-refractivity contribution < 1.29 is 5.11 Å². The van der Waals surface area contributed by atoms with E-state index in [0.29, 0.717) is 0 Å². The molecule has 2 heteroatoms. The van der Waals surface area contributed by atoms with E-state index in [9.17, 15) is 5.11 Å². The molecule has 170 valence electrons. The lowest BCUT2D eigenvalue weighted by Crippen LogP contribution is -2.51. The Morgan fingerprint density at radius 1 is 0.697 bits per heavy atom. The number of hydrogen-bond donors (Lipinski definition) is 1. The fraction of sp³-hybridized carbons (Fsp3) is 0.355. The summed E-state index contributed by atoms with van der Waals surface area (Å²) in [5.74, 6) is 0. The highest BCUT2D eigenvalue weighted by Gasteiger charge is 2.36. The second-order valence-electron chi connectivity index (χ2n) is 10.1. The Balaban J connectivity index is 2.06. The molecule has 0 radical (unpaired) electrons. The lowest BCUT2D eigenvalue weighted by atomic mass is 9.32. The first-order valence-electron chi connectivity index (χ1n) is 12.4. The number of aliphatic hydroxyl groups excluding tert-OH is 1. The second kappa shape index (κ2) is 9.73. The summed E-state index contributed by atoms with van der Waals surface area (Å²) in [7, 11) is 0. The van der Waals surface area contributed by atoms with E-state index >= 15 is 0 Å². The Hall–Kier alpha value is -2.58. The van der Waals surface area contributed by atoms with Crippen molar-refractivity contribution in [1.29, 1.82) is 0 Å². The largest absolute Gasteiger partial charge is 0.385 e. The van der Waals surface area contributed by atoms with Gasteiger partial charge in [-0.15, -0.1) is 0 Å². The monoisotopic (exact) mass is 436 g/mol. The fourth-order valence-electron chi connectivity index (χ4n) is 6.21. The molecule has 1 unspecified atom stereocenters. The normalized spacial score (nSPS) is 14.5. The predicted octanol–water partition coefficient (Wildman–Crippen LogP) is 6.29. The van der Waals surface area contributed by atoms with Crippen LogP contribution in [0.25, 0.3) is 0 Å². The summed E-state index contributed by atoms with van der Waals surface area (Å²) in [6.45, 7) is 13.4. The Labute approximate surface area is 200 Å². The van der Waals surface area contributed by atoms with Crippen LogP contribution in [-0.4, -0.2) is 11.8 Å². The molecule has 1 saturated carbocycles. The van der Waals surface area contributed by atoms with E-state index in [-0.39, 0.29) is 6.71 Å². The predicted molar refractivity (Wildman–Crippen MR) is 143 cm³/mol. The number of rotatable bonds is 5. The van der Waals surface area contributed by atoms with Crippen molar-refractivity contribution in [3.63, 3.8) is 0 Å². The van der Waals surface area contributed by atoms with Crippen LogP contribution in [0.1, 0.15) is 70.7 Å². The van der Waals surface area contributed by atoms with Gasteiger partial charge in [0.2, 0.25) is 6.71 Å². The standard InChI is InChI=1S/C31H37BO/c1-20-16-22(3)28(23(4)17-20)32(29-24(5)18-21(2)19-25(29)6)30(26-12-10-11-13-26)31(33)27-14-8-7-9-15-27/h7-9,14-19,31,33H,10-13H2,1-6H3. The highest BCUT2D eigenvalue weighted by atomic mass is 16.3. The molecular formula is C31H37BO. The minimum Gasteiger partial charge on any atom is -0.385 e. The first-order chi connectivity index (χ1) is 15.8. The van der Waals surface area contributed by atoms with E-state index in [1.807, 2.05) is 18.2 Å². The van der Waals surface area contributed by atoms with Gasteiger partial charge in [0.25, 0.3) is 0 Å². The molecule has 0 heterocycles. The van der Waals surface area contributed by atoms with Crippen molar-refractivity contribution in [2.75, 3.05) is 0 Å². The van der Waals surface area contributed by atoms with Gasteiger partial charge in [-0.05, 0) is 72.8 Å². The Morgan fingerprint density at radius 2 is 1.12 bits per heavy atom. The van der Waals surface area contributed by atoms with Crippen LogP contribution in [0.15, 0.2) is 65.6 Å². The van der Waals surface area contributed by atoms with Gasteiger partial charge in [-0.2, -0.15) is 0 Å². The van der Waals surface area contributed by atoms with Gasteiger partial charge in [-0.25, -0.2) is 0 Å². The maximum Gasteiger partial charge on any atom is 0.241 e. The van der Waals surface area contributed by atoms with Gasteiger partial charge >= 0.3 is 0 Å². The van der Waals surface area contributed by atoms with Gasteiger partial charge in [0.15, 0.2) is 0 Å². The number of benzene rings is 3. The minimum atomic E-state index is -0.607. The van der Waals surface area contributed by atoms with E-state index in [4.69, 9.17) is 0 Å². The Kier molecular flexibility index (Phi) is 6.95. The first-order valence-corrected chi connectivity index (χ1v) is 12.4. The van der Waals surface area contributed by atoms with E-state index in [0.717, 1.165) is 18.4 Å². The molecule has 1 N–H and O–H groups in total. The van der Waals surface area contributed by atoms with Gasteiger partial charge in [0.1, 0.15) is 0 Å². The van der Waals surface area contributed by atoms with Crippen LogP contribution in [0.2, 0.25) is 0 Å².